The summed E-state index contributed by atoms with van der Waals surface area (Å²) in [7, 11) is 1.73. The van der Waals surface area contributed by atoms with Crippen LogP contribution in [0.2, 0.25) is 0 Å². The Morgan fingerprint density at radius 2 is 2.06 bits per heavy atom. The van der Waals surface area contributed by atoms with Crippen LogP contribution in [0.15, 0.2) is 16.6 Å². The maximum absolute atomic E-state index is 5.41. The number of hydrogen-bond acceptors (Lipinski definition) is 2. The second-order valence-electron chi connectivity index (χ2n) is 4.34. The van der Waals surface area contributed by atoms with Gasteiger partial charge in [0, 0.05) is 22.0 Å². The van der Waals surface area contributed by atoms with Crippen molar-refractivity contribution in [2.24, 2.45) is 0 Å². The predicted molar refractivity (Wildman–Crippen MR) is 71.4 cm³/mol. The highest BCUT2D eigenvalue weighted by atomic mass is 79.9. The quantitative estimate of drug-likeness (QED) is 0.907. The van der Waals surface area contributed by atoms with Gasteiger partial charge in [-0.15, -0.1) is 0 Å². The van der Waals surface area contributed by atoms with Crippen LogP contribution in [0.4, 0.5) is 5.69 Å². The minimum absolute atomic E-state index is 0.253. The normalized spacial score (nSPS) is 16.8. The van der Waals surface area contributed by atoms with Gasteiger partial charge in [-0.2, -0.15) is 0 Å². The van der Waals surface area contributed by atoms with Crippen molar-refractivity contribution in [3.8, 4) is 5.75 Å². The number of anilines is 1. The Morgan fingerprint density at radius 3 is 2.62 bits per heavy atom. The van der Waals surface area contributed by atoms with E-state index in [1.54, 1.807) is 7.11 Å². The number of hydrogen-bond donors (Lipinski definition) is 1. The average Bonchev–Trinajstić information content (AvgIpc) is 2.71. The van der Waals surface area contributed by atoms with Gasteiger partial charge in [0.2, 0.25) is 0 Å². The summed E-state index contributed by atoms with van der Waals surface area (Å²) in [6.45, 7) is 5.52. The SMILES string of the molecule is CCC1(CC)CNc2c(OC)ccc(Br)c21. The maximum Gasteiger partial charge on any atom is 0.142 e. The molecule has 0 aromatic heterocycles. The molecule has 88 valence electrons. The Bertz CT molecular complexity index is 399. The molecule has 0 saturated carbocycles. The number of rotatable bonds is 3. The molecule has 0 fully saturated rings. The molecule has 0 atom stereocenters. The zero-order chi connectivity index (χ0) is 11.8. The Balaban J connectivity index is 2.61. The summed E-state index contributed by atoms with van der Waals surface area (Å²) in [5.74, 6) is 0.946. The first-order valence-corrected chi connectivity index (χ1v) is 6.58. The van der Waals surface area contributed by atoms with Crippen LogP contribution in [0.3, 0.4) is 0 Å². The van der Waals surface area contributed by atoms with Crippen molar-refractivity contribution >= 4 is 21.6 Å². The van der Waals surface area contributed by atoms with Gasteiger partial charge >= 0.3 is 0 Å². The third kappa shape index (κ3) is 1.53. The summed E-state index contributed by atoms with van der Waals surface area (Å²) in [6, 6.07) is 4.10. The van der Waals surface area contributed by atoms with Crippen LogP contribution >= 0.6 is 15.9 Å². The molecule has 0 bridgehead atoms. The molecule has 0 unspecified atom stereocenters. The largest absolute Gasteiger partial charge is 0.495 e. The zero-order valence-electron chi connectivity index (χ0n) is 10.1. The monoisotopic (exact) mass is 283 g/mol. The summed E-state index contributed by atoms with van der Waals surface area (Å²) < 4.78 is 6.60. The van der Waals surface area contributed by atoms with Gasteiger partial charge in [0.1, 0.15) is 5.75 Å². The summed E-state index contributed by atoms with van der Waals surface area (Å²) >= 11 is 3.67. The minimum Gasteiger partial charge on any atom is -0.495 e. The third-order valence-electron chi connectivity index (χ3n) is 3.82. The molecule has 2 nitrogen and oxygen atoms in total. The first kappa shape index (κ1) is 11.8. The van der Waals surface area contributed by atoms with Crippen LogP contribution in [0.25, 0.3) is 0 Å². The van der Waals surface area contributed by atoms with Crippen molar-refractivity contribution in [1.82, 2.24) is 0 Å². The van der Waals surface area contributed by atoms with Gasteiger partial charge < -0.3 is 10.1 Å². The van der Waals surface area contributed by atoms with E-state index in [4.69, 9.17) is 4.74 Å². The Labute approximate surface area is 106 Å². The fraction of sp³-hybridized carbons (Fsp3) is 0.538. The highest BCUT2D eigenvalue weighted by Crippen LogP contribution is 2.49. The smallest absolute Gasteiger partial charge is 0.142 e. The van der Waals surface area contributed by atoms with Crippen molar-refractivity contribution in [3.05, 3.63) is 22.2 Å². The average molecular weight is 284 g/mol. The van der Waals surface area contributed by atoms with Crippen molar-refractivity contribution < 1.29 is 4.74 Å². The second-order valence-corrected chi connectivity index (χ2v) is 5.19. The number of nitrogens with one attached hydrogen (secondary N) is 1. The fourth-order valence-corrected chi connectivity index (χ4v) is 3.37. The summed E-state index contributed by atoms with van der Waals surface area (Å²) in [5.41, 5.74) is 2.81. The van der Waals surface area contributed by atoms with Gasteiger partial charge in [-0.05, 0) is 25.0 Å². The van der Waals surface area contributed by atoms with E-state index in [9.17, 15) is 0 Å². The van der Waals surface area contributed by atoms with E-state index in [-0.39, 0.29) is 5.41 Å². The van der Waals surface area contributed by atoms with E-state index in [1.165, 1.54) is 15.7 Å². The van der Waals surface area contributed by atoms with Crippen LogP contribution < -0.4 is 10.1 Å². The van der Waals surface area contributed by atoms with Gasteiger partial charge in [-0.3, -0.25) is 0 Å². The molecule has 3 heteroatoms. The minimum atomic E-state index is 0.253. The standard InChI is InChI=1S/C13H18BrNO/c1-4-13(5-2)8-15-12-10(16-3)7-6-9(14)11(12)13/h6-7,15H,4-5,8H2,1-3H3. The highest BCUT2D eigenvalue weighted by molar-refractivity contribution is 9.10. The van der Waals surface area contributed by atoms with E-state index in [0.29, 0.717) is 0 Å². The molecular formula is C13H18BrNO. The summed E-state index contributed by atoms with van der Waals surface area (Å²) in [4.78, 5) is 0. The molecule has 0 radical (unpaired) electrons. The Hall–Kier alpha value is -0.700. The van der Waals surface area contributed by atoms with Crippen molar-refractivity contribution in [2.45, 2.75) is 32.1 Å². The van der Waals surface area contributed by atoms with Crippen LogP contribution in [0, 0.1) is 0 Å². The van der Waals surface area contributed by atoms with Crippen molar-refractivity contribution in [3.63, 3.8) is 0 Å². The lowest BCUT2D eigenvalue weighted by Gasteiger charge is -2.27. The fourth-order valence-electron chi connectivity index (χ4n) is 2.62. The number of benzene rings is 1. The Kier molecular flexibility index (Phi) is 3.15. The molecule has 1 N–H and O–H groups in total. The van der Waals surface area contributed by atoms with Gasteiger partial charge in [0.05, 0.1) is 12.8 Å². The highest BCUT2D eigenvalue weighted by Gasteiger charge is 2.38. The van der Waals surface area contributed by atoms with Crippen LogP contribution in [0.5, 0.6) is 5.75 Å². The number of fused-ring (bicyclic) bond motifs is 1. The van der Waals surface area contributed by atoms with Crippen LogP contribution in [-0.4, -0.2) is 13.7 Å². The number of ether oxygens (including phenoxy) is 1. The van der Waals surface area contributed by atoms with E-state index in [1.807, 2.05) is 6.07 Å². The number of halogens is 1. The molecule has 0 spiro atoms. The van der Waals surface area contributed by atoms with Gasteiger partial charge in [-0.25, -0.2) is 0 Å². The Morgan fingerprint density at radius 1 is 1.38 bits per heavy atom. The molecule has 16 heavy (non-hydrogen) atoms. The molecule has 0 saturated heterocycles. The molecular weight excluding hydrogens is 266 g/mol. The maximum atomic E-state index is 5.41. The van der Waals surface area contributed by atoms with E-state index in [0.717, 1.165) is 25.1 Å². The third-order valence-corrected chi connectivity index (χ3v) is 4.48. The van der Waals surface area contributed by atoms with Crippen molar-refractivity contribution in [1.29, 1.82) is 0 Å². The second kappa shape index (κ2) is 4.28. The van der Waals surface area contributed by atoms with E-state index >= 15 is 0 Å². The first-order valence-electron chi connectivity index (χ1n) is 5.79. The summed E-state index contributed by atoms with van der Waals surface area (Å²) in [5, 5.41) is 3.50. The zero-order valence-corrected chi connectivity index (χ0v) is 11.6. The van der Waals surface area contributed by atoms with Crippen molar-refractivity contribution in [2.75, 3.05) is 19.0 Å². The first-order chi connectivity index (χ1) is 7.68. The molecule has 0 aliphatic carbocycles. The van der Waals surface area contributed by atoms with Crippen LogP contribution in [0.1, 0.15) is 32.3 Å². The summed E-state index contributed by atoms with van der Waals surface area (Å²) in [6.07, 6.45) is 2.30. The van der Waals surface area contributed by atoms with Gasteiger partial charge in [-0.1, -0.05) is 29.8 Å². The van der Waals surface area contributed by atoms with Gasteiger partial charge in [0.15, 0.2) is 0 Å². The van der Waals surface area contributed by atoms with Crippen LogP contribution in [-0.2, 0) is 5.41 Å². The molecule has 0 amide bonds. The topological polar surface area (TPSA) is 21.3 Å². The molecule has 1 aliphatic rings. The van der Waals surface area contributed by atoms with E-state index < -0.39 is 0 Å². The lowest BCUT2D eigenvalue weighted by Crippen LogP contribution is -2.26. The number of methoxy groups -OCH3 is 1. The molecule has 1 heterocycles. The lowest BCUT2D eigenvalue weighted by molar-refractivity contribution is 0.415. The van der Waals surface area contributed by atoms with E-state index in [2.05, 4.69) is 41.2 Å². The molecule has 1 aromatic rings. The molecule has 1 aliphatic heterocycles. The molecule has 2 rings (SSSR count). The predicted octanol–water partition coefficient (Wildman–Crippen LogP) is 3.94. The molecule has 1 aromatic carbocycles. The lowest BCUT2D eigenvalue weighted by atomic mass is 9.77. The van der Waals surface area contributed by atoms with Gasteiger partial charge in [0.25, 0.3) is 0 Å².